The summed E-state index contributed by atoms with van der Waals surface area (Å²) < 4.78 is 9.52. The molecular formula is C17H22O4. The minimum absolute atomic E-state index is 0.312. The molecule has 0 spiro atoms. The lowest BCUT2D eigenvalue weighted by molar-refractivity contribution is -0.140. The lowest BCUT2D eigenvalue weighted by Gasteiger charge is -2.03. The van der Waals surface area contributed by atoms with Crippen LogP contribution in [-0.4, -0.2) is 18.5 Å². The van der Waals surface area contributed by atoms with E-state index in [0.717, 1.165) is 5.56 Å². The molecule has 1 aromatic rings. The molecule has 21 heavy (non-hydrogen) atoms. The highest BCUT2D eigenvalue weighted by molar-refractivity contribution is 5.87. The van der Waals surface area contributed by atoms with Crippen molar-refractivity contribution in [3.8, 4) is 0 Å². The fourth-order valence-corrected chi connectivity index (χ4v) is 1.10. The van der Waals surface area contributed by atoms with Gasteiger partial charge in [-0.05, 0) is 26.3 Å². The Hall–Kier alpha value is -2.36. The number of ether oxygens (including phenoxy) is 2. The Morgan fingerprint density at radius 1 is 0.952 bits per heavy atom. The largest absolute Gasteiger partial charge is 0.463 e. The average molecular weight is 290 g/mol. The molecule has 0 unspecified atom stereocenters. The van der Waals surface area contributed by atoms with Gasteiger partial charge in [-0.15, -0.1) is 0 Å². The van der Waals surface area contributed by atoms with Gasteiger partial charge in [0.15, 0.2) is 0 Å². The monoisotopic (exact) mass is 290 g/mol. The van der Waals surface area contributed by atoms with Crippen molar-refractivity contribution in [1.82, 2.24) is 0 Å². The van der Waals surface area contributed by atoms with Crippen molar-refractivity contribution in [1.29, 1.82) is 0 Å². The second-order valence-electron chi connectivity index (χ2n) is 4.34. The van der Waals surface area contributed by atoms with Gasteiger partial charge in [0.1, 0.15) is 6.61 Å². The zero-order chi connectivity index (χ0) is 16.3. The molecule has 0 radical (unpaired) electrons. The third-order valence-corrected chi connectivity index (χ3v) is 2.19. The smallest absolute Gasteiger partial charge is 0.333 e. The van der Waals surface area contributed by atoms with Crippen molar-refractivity contribution in [2.75, 3.05) is 6.61 Å². The first kappa shape index (κ1) is 18.6. The Balaban J connectivity index is 0.000000433. The molecule has 4 nitrogen and oxygen atoms in total. The highest BCUT2D eigenvalue weighted by Crippen LogP contribution is 2.02. The highest BCUT2D eigenvalue weighted by Gasteiger charge is 2.02. The second-order valence-corrected chi connectivity index (χ2v) is 4.34. The third-order valence-electron chi connectivity index (χ3n) is 2.19. The van der Waals surface area contributed by atoms with Gasteiger partial charge >= 0.3 is 11.9 Å². The van der Waals surface area contributed by atoms with E-state index in [1.807, 2.05) is 30.3 Å². The molecule has 1 rings (SSSR count). The number of rotatable bonds is 5. The normalized spacial score (nSPS) is 8.90. The van der Waals surface area contributed by atoms with Crippen LogP contribution in [0.3, 0.4) is 0 Å². The van der Waals surface area contributed by atoms with E-state index in [1.165, 1.54) is 0 Å². The third kappa shape index (κ3) is 9.21. The van der Waals surface area contributed by atoms with E-state index < -0.39 is 0 Å². The first-order valence-corrected chi connectivity index (χ1v) is 6.57. The van der Waals surface area contributed by atoms with E-state index in [9.17, 15) is 9.59 Å². The van der Waals surface area contributed by atoms with Crippen LogP contribution in [0.25, 0.3) is 0 Å². The summed E-state index contributed by atoms with van der Waals surface area (Å²) in [7, 11) is 0. The van der Waals surface area contributed by atoms with Crippen LogP contribution in [0.15, 0.2) is 54.6 Å². The van der Waals surface area contributed by atoms with Gasteiger partial charge in [-0.1, -0.05) is 43.5 Å². The number of hydrogen-bond donors (Lipinski definition) is 0. The lowest BCUT2D eigenvalue weighted by Crippen LogP contribution is -2.04. The first-order valence-electron chi connectivity index (χ1n) is 6.57. The SMILES string of the molecule is C=C(C)C(=O)OCC.C=C(C)C(=O)OCc1ccccc1. The minimum Gasteiger partial charge on any atom is -0.463 e. The van der Waals surface area contributed by atoms with Gasteiger partial charge in [0.05, 0.1) is 6.61 Å². The van der Waals surface area contributed by atoms with E-state index in [-0.39, 0.29) is 11.9 Å². The minimum atomic E-state index is -0.344. The summed E-state index contributed by atoms with van der Waals surface area (Å²) in [6, 6.07) is 9.55. The van der Waals surface area contributed by atoms with E-state index in [2.05, 4.69) is 17.9 Å². The van der Waals surface area contributed by atoms with Gasteiger partial charge in [0.25, 0.3) is 0 Å². The molecule has 0 aromatic heterocycles. The number of esters is 2. The Labute approximate surface area is 126 Å². The summed E-state index contributed by atoms with van der Waals surface area (Å²) in [5, 5.41) is 0. The van der Waals surface area contributed by atoms with Gasteiger partial charge in [0.2, 0.25) is 0 Å². The second kappa shape index (κ2) is 10.4. The number of benzene rings is 1. The van der Waals surface area contributed by atoms with Crippen LogP contribution in [-0.2, 0) is 25.7 Å². The molecule has 0 saturated carbocycles. The molecule has 114 valence electrons. The zero-order valence-corrected chi connectivity index (χ0v) is 12.8. The molecule has 0 N–H and O–H groups in total. The van der Waals surface area contributed by atoms with Crippen molar-refractivity contribution < 1.29 is 19.1 Å². The van der Waals surface area contributed by atoms with Crippen LogP contribution >= 0.6 is 0 Å². The summed E-state index contributed by atoms with van der Waals surface area (Å²) in [4.78, 5) is 21.4. The van der Waals surface area contributed by atoms with Crippen LogP contribution in [0.1, 0.15) is 26.3 Å². The maximum absolute atomic E-state index is 11.0. The Morgan fingerprint density at radius 3 is 1.81 bits per heavy atom. The van der Waals surface area contributed by atoms with Crippen molar-refractivity contribution in [3.05, 3.63) is 60.2 Å². The van der Waals surface area contributed by atoms with E-state index in [0.29, 0.717) is 24.4 Å². The van der Waals surface area contributed by atoms with Crippen molar-refractivity contribution >= 4 is 11.9 Å². The van der Waals surface area contributed by atoms with E-state index >= 15 is 0 Å². The molecule has 0 aliphatic heterocycles. The summed E-state index contributed by atoms with van der Waals surface area (Å²) >= 11 is 0. The quantitative estimate of drug-likeness (QED) is 0.616. The highest BCUT2D eigenvalue weighted by atomic mass is 16.5. The Kier molecular flexibility index (Phi) is 9.26. The molecule has 4 heteroatoms. The Morgan fingerprint density at radius 2 is 1.43 bits per heavy atom. The molecular weight excluding hydrogens is 268 g/mol. The number of hydrogen-bond acceptors (Lipinski definition) is 4. The topological polar surface area (TPSA) is 52.6 Å². The molecule has 0 aliphatic carbocycles. The standard InChI is InChI=1S/C11H12O2.C6H10O2/c1-9(2)11(12)13-8-10-6-4-3-5-7-10;1-4-8-6(7)5(2)3/h3-7H,1,8H2,2H3;2,4H2,1,3H3. The average Bonchev–Trinajstić information content (AvgIpc) is 2.46. The summed E-state index contributed by atoms with van der Waals surface area (Å²) in [6.07, 6.45) is 0. The zero-order valence-electron chi connectivity index (χ0n) is 12.8. The maximum atomic E-state index is 11.0. The van der Waals surface area contributed by atoms with Gasteiger partial charge in [-0.25, -0.2) is 9.59 Å². The molecule has 0 aliphatic rings. The Bertz CT molecular complexity index is 489. The molecule has 0 heterocycles. The van der Waals surface area contributed by atoms with Crippen molar-refractivity contribution in [2.45, 2.75) is 27.4 Å². The fourth-order valence-electron chi connectivity index (χ4n) is 1.10. The fraction of sp³-hybridized carbons (Fsp3) is 0.294. The molecule has 0 fully saturated rings. The summed E-state index contributed by atoms with van der Waals surface area (Å²) in [5.74, 6) is -0.656. The molecule has 0 atom stereocenters. The lowest BCUT2D eigenvalue weighted by atomic mass is 10.2. The van der Waals surface area contributed by atoms with Gasteiger partial charge < -0.3 is 9.47 Å². The molecule has 0 bridgehead atoms. The van der Waals surface area contributed by atoms with E-state index in [1.54, 1.807) is 20.8 Å². The first-order chi connectivity index (χ1) is 9.88. The van der Waals surface area contributed by atoms with Crippen LogP contribution in [0.2, 0.25) is 0 Å². The van der Waals surface area contributed by atoms with Gasteiger partial charge in [-0.2, -0.15) is 0 Å². The summed E-state index contributed by atoms with van der Waals surface area (Å²) in [5.41, 5.74) is 1.86. The number of carbonyl (C=O) groups is 2. The van der Waals surface area contributed by atoms with Gasteiger partial charge in [0, 0.05) is 11.1 Å². The van der Waals surface area contributed by atoms with Crippen LogP contribution in [0.4, 0.5) is 0 Å². The predicted octanol–water partition coefficient (Wildman–Crippen LogP) is 3.43. The predicted molar refractivity (Wildman–Crippen MR) is 82.5 cm³/mol. The van der Waals surface area contributed by atoms with Crippen LogP contribution < -0.4 is 0 Å². The van der Waals surface area contributed by atoms with E-state index in [4.69, 9.17) is 4.74 Å². The van der Waals surface area contributed by atoms with Crippen LogP contribution in [0, 0.1) is 0 Å². The van der Waals surface area contributed by atoms with Crippen LogP contribution in [0.5, 0.6) is 0 Å². The maximum Gasteiger partial charge on any atom is 0.333 e. The molecule has 0 saturated heterocycles. The molecule has 1 aromatic carbocycles. The number of carbonyl (C=O) groups excluding carboxylic acids is 2. The summed E-state index contributed by atoms with van der Waals surface area (Å²) in [6.45, 7) is 12.6. The van der Waals surface area contributed by atoms with Crippen molar-refractivity contribution in [3.63, 3.8) is 0 Å². The van der Waals surface area contributed by atoms with Crippen molar-refractivity contribution in [2.24, 2.45) is 0 Å². The molecule has 0 amide bonds. The van der Waals surface area contributed by atoms with Gasteiger partial charge in [-0.3, -0.25) is 0 Å².